The predicted octanol–water partition coefficient (Wildman–Crippen LogP) is 3.03. The van der Waals surface area contributed by atoms with Crippen molar-refractivity contribution < 1.29 is 4.74 Å². The van der Waals surface area contributed by atoms with E-state index in [-0.39, 0.29) is 0 Å². The first-order valence-corrected chi connectivity index (χ1v) is 7.19. The summed E-state index contributed by atoms with van der Waals surface area (Å²) in [5.74, 6) is 0.885. The standard InChI is InChI=1S/C15H20ClN3O/c1-3-17-10-13-5-4-6-14(9-13)20-8-7-19-12(2)15(16)11-18-19/h4-6,9,11,17H,3,7-8,10H2,1-2H3. The summed E-state index contributed by atoms with van der Waals surface area (Å²) in [6.45, 7) is 7.13. The van der Waals surface area contributed by atoms with E-state index >= 15 is 0 Å². The van der Waals surface area contributed by atoms with Gasteiger partial charge < -0.3 is 10.1 Å². The molecule has 5 heteroatoms. The molecule has 0 aliphatic heterocycles. The Morgan fingerprint density at radius 3 is 2.95 bits per heavy atom. The maximum Gasteiger partial charge on any atom is 0.119 e. The molecule has 20 heavy (non-hydrogen) atoms. The molecular formula is C15H20ClN3O. The molecule has 0 atom stereocenters. The first-order valence-electron chi connectivity index (χ1n) is 6.81. The van der Waals surface area contributed by atoms with Gasteiger partial charge in [-0.05, 0) is 31.2 Å². The number of hydrogen-bond acceptors (Lipinski definition) is 3. The average molecular weight is 294 g/mol. The second-order valence-electron chi connectivity index (χ2n) is 4.58. The lowest BCUT2D eigenvalue weighted by molar-refractivity contribution is 0.289. The normalized spacial score (nSPS) is 10.8. The minimum absolute atomic E-state index is 0.573. The van der Waals surface area contributed by atoms with Crippen LogP contribution in [0.1, 0.15) is 18.2 Å². The Hall–Kier alpha value is -1.52. The summed E-state index contributed by atoms with van der Waals surface area (Å²) in [4.78, 5) is 0. The fourth-order valence-corrected chi connectivity index (χ4v) is 2.05. The molecular weight excluding hydrogens is 274 g/mol. The Bertz CT molecular complexity index is 554. The van der Waals surface area contributed by atoms with Gasteiger partial charge in [0.2, 0.25) is 0 Å². The zero-order chi connectivity index (χ0) is 14.4. The minimum Gasteiger partial charge on any atom is -0.492 e. The molecule has 108 valence electrons. The van der Waals surface area contributed by atoms with Gasteiger partial charge >= 0.3 is 0 Å². The Labute approximate surface area is 124 Å². The Kier molecular flexibility index (Phi) is 5.44. The van der Waals surface area contributed by atoms with Gasteiger partial charge in [0.1, 0.15) is 12.4 Å². The number of aromatic nitrogens is 2. The summed E-state index contributed by atoms with van der Waals surface area (Å²) < 4.78 is 7.62. The first-order chi connectivity index (χ1) is 9.70. The van der Waals surface area contributed by atoms with Crippen LogP contribution in [-0.2, 0) is 13.1 Å². The van der Waals surface area contributed by atoms with E-state index < -0.39 is 0 Å². The van der Waals surface area contributed by atoms with Crippen LogP contribution in [0.15, 0.2) is 30.5 Å². The number of halogens is 1. The van der Waals surface area contributed by atoms with Crippen LogP contribution in [0.25, 0.3) is 0 Å². The molecule has 0 aliphatic carbocycles. The molecule has 0 unspecified atom stereocenters. The molecule has 0 spiro atoms. The Balaban J connectivity index is 1.86. The van der Waals surface area contributed by atoms with E-state index in [2.05, 4.69) is 29.5 Å². The summed E-state index contributed by atoms with van der Waals surface area (Å²) in [5, 5.41) is 8.19. The van der Waals surface area contributed by atoms with E-state index in [1.54, 1.807) is 6.20 Å². The number of rotatable bonds is 7. The lowest BCUT2D eigenvalue weighted by Gasteiger charge is -2.09. The van der Waals surface area contributed by atoms with Crippen molar-refractivity contribution in [2.24, 2.45) is 0 Å². The van der Waals surface area contributed by atoms with E-state index in [0.717, 1.165) is 24.5 Å². The van der Waals surface area contributed by atoms with Crippen molar-refractivity contribution >= 4 is 11.6 Å². The van der Waals surface area contributed by atoms with Crippen molar-refractivity contribution in [1.29, 1.82) is 0 Å². The van der Waals surface area contributed by atoms with Crippen molar-refractivity contribution in [3.8, 4) is 5.75 Å². The van der Waals surface area contributed by atoms with Gasteiger partial charge in [-0.2, -0.15) is 5.10 Å². The third-order valence-corrected chi connectivity index (χ3v) is 3.46. The van der Waals surface area contributed by atoms with Gasteiger partial charge in [0.25, 0.3) is 0 Å². The van der Waals surface area contributed by atoms with E-state index in [4.69, 9.17) is 16.3 Å². The monoisotopic (exact) mass is 293 g/mol. The SMILES string of the molecule is CCNCc1cccc(OCCn2ncc(Cl)c2C)c1. The van der Waals surface area contributed by atoms with Crippen molar-refractivity contribution in [2.45, 2.75) is 26.9 Å². The van der Waals surface area contributed by atoms with Crippen molar-refractivity contribution in [1.82, 2.24) is 15.1 Å². The summed E-state index contributed by atoms with van der Waals surface area (Å²) >= 11 is 5.96. The molecule has 1 heterocycles. The fourth-order valence-electron chi connectivity index (χ4n) is 1.91. The fraction of sp³-hybridized carbons (Fsp3) is 0.400. The molecule has 0 saturated heterocycles. The third kappa shape index (κ3) is 3.99. The molecule has 0 fully saturated rings. The highest BCUT2D eigenvalue weighted by molar-refractivity contribution is 6.31. The second kappa shape index (κ2) is 7.31. The summed E-state index contributed by atoms with van der Waals surface area (Å²) in [7, 11) is 0. The number of nitrogens with one attached hydrogen (secondary N) is 1. The lowest BCUT2D eigenvalue weighted by Crippen LogP contribution is -2.12. The highest BCUT2D eigenvalue weighted by Gasteiger charge is 2.03. The van der Waals surface area contributed by atoms with Gasteiger partial charge in [-0.15, -0.1) is 0 Å². The molecule has 0 saturated carbocycles. The van der Waals surface area contributed by atoms with Crippen LogP contribution >= 0.6 is 11.6 Å². The molecule has 0 amide bonds. The summed E-state index contributed by atoms with van der Waals surface area (Å²) in [5.41, 5.74) is 2.19. The molecule has 2 rings (SSSR count). The average Bonchev–Trinajstić information content (AvgIpc) is 2.78. The molecule has 4 nitrogen and oxygen atoms in total. The minimum atomic E-state index is 0.573. The third-order valence-electron chi connectivity index (χ3n) is 3.09. The van der Waals surface area contributed by atoms with E-state index in [1.807, 2.05) is 23.7 Å². The number of benzene rings is 1. The van der Waals surface area contributed by atoms with Gasteiger partial charge in [-0.3, -0.25) is 4.68 Å². The Morgan fingerprint density at radius 2 is 2.25 bits per heavy atom. The number of nitrogens with zero attached hydrogens (tertiary/aromatic N) is 2. The predicted molar refractivity (Wildman–Crippen MR) is 81.3 cm³/mol. The van der Waals surface area contributed by atoms with Crippen LogP contribution in [0.2, 0.25) is 5.02 Å². The molecule has 0 bridgehead atoms. The van der Waals surface area contributed by atoms with E-state index in [9.17, 15) is 0 Å². The zero-order valence-electron chi connectivity index (χ0n) is 11.9. The van der Waals surface area contributed by atoms with Crippen molar-refractivity contribution in [3.05, 3.63) is 46.7 Å². The molecule has 0 aliphatic rings. The lowest BCUT2D eigenvalue weighted by atomic mass is 10.2. The van der Waals surface area contributed by atoms with Gasteiger partial charge in [0, 0.05) is 6.54 Å². The van der Waals surface area contributed by atoms with Gasteiger partial charge in [-0.1, -0.05) is 30.7 Å². The highest BCUT2D eigenvalue weighted by atomic mass is 35.5. The topological polar surface area (TPSA) is 39.1 Å². The van der Waals surface area contributed by atoms with Crippen LogP contribution in [0.4, 0.5) is 0 Å². The van der Waals surface area contributed by atoms with Gasteiger partial charge in [0.15, 0.2) is 0 Å². The van der Waals surface area contributed by atoms with Crippen LogP contribution in [-0.4, -0.2) is 22.9 Å². The zero-order valence-corrected chi connectivity index (χ0v) is 12.7. The Morgan fingerprint density at radius 1 is 1.40 bits per heavy atom. The smallest absolute Gasteiger partial charge is 0.119 e. The summed E-state index contributed by atoms with van der Waals surface area (Å²) in [6, 6.07) is 8.13. The van der Waals surface area contributed by atoms with Crippen LogP contribution < -0.4 is 10.1 Å². The molecule has 1 aromatic carbocycles. The van der Waals surface area contributed by atoms with E-state index in [0.29, 0.717) is 18.2 Å². The summed E-state index contributed by atoms with van der Waals surface area (Å²) in [6.07, 6.45) is 1.66. The number of ether oxygens (including phenoxy) is 1. The van der Waals surface area contributed by atoms with E-state index in [1.165, 1.54) is 5.56 Å². The van der Waals surface area contributed by atoms with Gasteiger partial charge in [0.05, 0.1) is 23.5 Å². The van der Waals surface area contributed by atoms with Gasteiger partial charge in [-0.25, -0.2) is 0 Å². The van der Waals surface area contributed by atoms with Crippen molar-refractivity contribution in [3.63, 3.8) is 0 Å². The quantitative estimate of drug-likeness (QED) is 0.853. The van der Waals surface area contributed by atoms with Crippen molar-refractivity contribution in [2.75, 3.05) is 13.2 Å². The van der Waals surface area contributed by atoms with Crippen LogP contribution in [0, 0.1) is 6.92 Å². The first kappa shape index (κ1) is 14.9. The molecule has 0 radical (unpaired) electrons. The molecule has 1 N–H and O–H groups in total. The number of hydrogen-bond donors (Lipinski definition) is 1. The molecule has 1 aromatic heterocycles. The van der Waals surface area contributed by atoms with Crippen LogP contribution in [0.3, 0.4) is 0 Å². The van der Waals surface area contributed by atoms with Crippen LogP contribution in [0.5, 0.6) is 5.75 Å². The largest absolute Gasteiger partial charge is 0.492 e. The maximum absolute atomic E-state index is 5.96. The molecule has 2 aromatic rings. The maximum atomic E-state index is 5.96. The highest BCUT2D eigenvalue weighted by Crippen LogP contribution is 2.15. The second-order valence-corrected chi connectivity index (χ2v) is 4.98.